The van der Waals surface area contributed by atoms with Crippen molar-refractivity contribution in [2.45, 2.75) is 46.0 Å². The predicted octanol–water partition coefficient (Wildman–Crippen LogP) is 3.68. The Morgan fingerprint density at radius 3 is 2.15 bits per heavy atom. The molecule has 0 unspecified atom stereocenters. The second-order valence-electron chi connectivity index (χ2n) is 6.97. The normalized spacial score (nSPS) is 20.6. The summed E-state index contributed by atoms with van der Waals surface area (Å²) < 4.78 is 0. The molecule has 0 heterocycles. The first-order valence-corrected chi connectivity index (χ1v) is 7.29. The fourth-order valence-corrected chi connectivity index (χ4v) is 3.08. The number of hydrogen-bond acceptors (Lipinski definition) is 3. The highest BCUT2D eigenvalue weighted by Crippen LogP contribution is 2.46. The summed E-state index contributed by atoms with van der Waals surface area (Å²) >= 11 is 0. The molecular weight excluding hydrogens is 252 g/mol. The molecule has 0 aliphatic heterocycles. The van der Waals surface area contributed by atoms with Gasteiger partial charge in [-0.1, -0.05) is 26.0 Å². The molecule has 1 aromatic carbocycles. The zero-order valence-corrected chi connectivity index (χ0v) is 12.4. The van der Waals surface area contributed by atoms with Crippen LogP contribution in [0.1, 0.15) is 45.1 Å². The molecule has 2 rings (SSSR count). The minimum atomic E-state index is -0.356. The maximum Gasteiger partial charge on any atom is 0.269 e. The van der Waals surface area contributed by atoms with Crippen LogP contribution in [0.25, 0.3) is 0 Å². The van der Waals surface area contributed by atoms with Crippen molar-refractivity contribution in [1.82, 2.24) is 0 Å². The second kappa shape index (κ2) is 5.52. The highest BCUT2D eigenvalue weighted by molar-refractivity contribution is 5.33. The summed E-state index contributed by atoms with van der Waals surface area (Å²) in [5, 5.41) is 10.7. The van der Waals surface area contributed by atoms with E-state index in [1.807, 2.05) is 12.1 Å². The van der Waals surface area contributed by atoms with Crippen LogP contribution in [0.5, 0.6) is 0 Å². The van der Waals surface area contributed by atoms with Gasteiger partial charge in [-0.25, -0.2) is 0 Å². The molecule has 1 aliphatic rings. The van der Waals surface area contributed by atoms with E-state index in [0.717, 1.165) is 24.8 Å². The molecule has 1 aromatic rings. The average Bonchev–Trinajstić information content (AvgIpc) is 2.42. The molecule has 0 aromatic heterocycles. The van der Waals surface area contributed by atoms with Gasteiger partial charge < -0.3 is 5.73 Å². The fraction of sp³-hybridized carbons (Fsp3) is 0.625. The minimum Gasteiger partial charge on any atom is -0.330 e. The van der Waals surface area contributed by atoms with E-state index in [9.17, 15) is 10.1 Å². The predicted molar refractivity (Wildman–Crippen MR) is 80.5 cm³/mol. The van der Waals surface area contributed by atoms with E-state index >= 15 is 0 Å². The van der Waals surface area contributed by atoms with Crippen LogP contribution in [-0.2, 0) is 6.42 Å². The van der Waals surface area contributed by atoms with Gasteiger partial charge in [0, 0.05) is 12.1 Å². The molecule has 0 amide bonds. The highest BCUT2D eigenvalue weighted by atomic mass is 16.6. The summed E-state index contributed by atoms with van der Waals surface area (Å²) in [6.07, 6.45) is 5.63. The summed E-state index contributed by atoms with van der Waals surface area (Å²) in [7, 11) is 0. The smallest absolute Gasteiger partial charge is 0.269 e. The molecule has 0 saturated heterocycles. The maximum absolute atomic E-state index is 10.7. The van der Waals surface area contributed by atoms with Crippen molar-refractivity contribution in [1.29, 1.82) is 0 Å². The van der Waals surface area contributed by atoms with E-state index < -0.39 is 0 Å². The van der Waals surface area contributed by atoms with Gasteiger partial charge in [0.15, 0.2) is 0 Å². The van der Waals surface area contributed by atoms with E-state index in [1.54, 1.807) is 12.1 Å². The quantitative estimate of drug-likeness (QED) is 0.673. The Balaban J connectivity index is 2.08. The molecule has 4 nitrogen and oxygen atoms in total. The van der Waals surface area contributed by atoms with Crippen LogP contribution < -0.4 is 5.73 Å². The van der Waals surface area contributed by atoms with Crippen molar-refractivity contribution < 1.29 is 4.92 Å². The summed E-state index contributed by atoms with van der Waals surface area (Å²) in [6.45, 7) is 5.33. The van der Waals surface area contributed by atoms with Gasteiger partial charge in [0.05, 0.1) is 4.92 Å². The Hall–Kier alpha value is -1.42. The van der Waals surface area contributed by atoms with E-state index in [0.29, 0.717) is 12.0 Å². The van der Waals surface area contributed by atoms with E-state index in [-0.39, 0.29) is 16.0 Å². The number of nitro groups is 1. The number of hydrogen-bond donors (Lipinski definition) is 1. The Morgan fingerprint density at radius 2 is 1.70 bits per heavy atom. The van der Waals surface area contributed by atoms with Crippen molar-refractivity contribution in [3.63, 3.8) is 0 Å². The molecule has 2 N–H and O–H groups in total. The van der Waals surface area contributed by atoms with E-state index in [2.05, 4.69) is 13.8 Å². The van der Waals surface area contributed by atoms with Crippen LogP contribution in [-0.4, -0.2) is 11.5 Å². The zero-order valence-electron chi connectivity index (χ0n) is 12.4. The average molecular weight is 276 g/mol. The molecule has 4 heteroatoms. The van der Waals surface area contributed by atoms with Crippen molar-refractivity contribution in [2.24, 2.45) is 16.6 Å². The molecule has 0 atom stereocenters. The first kappa shape index (κ1) is 15.0. The van der Waals surface area contributed by atoms with Crippen molar-refractivity contribution in [3.05, 3.63) is 39.9 Å². The number of nitrogens with zero attached hydrogens (tertiary/aromatic N) is 1. The zero-order chi connectivity index (χ0) is 14.8. The molecule has 0 spiro atoms. The van der Waals surface area contributed by atoms with Crippen molar-refractivity contribution in [3.8, 4) is 0 Å². The summed E-state index contributed by atoms with van der Waals surface area (Å²) in [6, 6.07) is 6.92. The fourth-order valence-electron chi connectivity index (χ4n) is 3.08. The molecular formula is C16H24N2O2. The van der Waals surface area contributed by atoms with Crippen LogP contribution in [0.15, 0.2) is 24.3 Å². The standard InChI is InChI=1S/C16H24N2O2/c1-15(2)7-9-16(12-17,10-8-15)11-13-3-5-14(6-4-13)18(19)20/h3-6H,7-12,17H2,1-2H3. The third-order valence-corrected chi connectivity index (χ3v) is 4.82. The lowest BCUT2D eigenvalue weighted by Crippen LogP contribution is -2.38. The monoisotopic (exact) mass is 276 g/mol. The van der Waals surface area contributed by atoms with Gasteiger partial charge in [-0.05, 0) is 55.0 Å². The van der Waals surface area contributed by atoms with Gasteiger partial charge in [-0.3, -0.25) is 10.1 Å². The lowest BCUT2D eigenvalue weighted by molar-refractivity contribution is -0.384. The number of nitro benzene ring substituents is 1. The van der Waals surface area contributed by atoms with Gasteiger partial charge in [-0.2, -0.15) is 0 Å². The molecule has 1 fully saturated rings. The molecule has 0 bridgehead atoms. The largest absolute Gasteiger partial charge is 0.330 e. The van der Waals surface area contributed by atoms with Crippen LogP contribution >= 0.6 is 0 Å². The summed E-state index contributed by atoms with van der Waals surface area (Å²) in [4.78, 5) is 10.3. The van der Waals surface area contributed by atoms with Gasteiger partial charge in [0.25, 0.3) is 5.69 Å². The molecule has 110 valence electrons. The van der Waals surface area contributed by atoms with Crippen molar-refractivity contribution >= 4 is 5.69 Å². The van der Waals surface area contributed by atoms with Crippen LogP contribution in [0.4, 0.5) is 5.69 Å². The van der Waals surface area contributed by atoms with E-state index in [1.165, 1.54) is 12.8 Å². The van der Waals surface area contributed by atoms with Crippen LogP contribution in [0.2, 0.25) is 0 Å². The van der Waals surface area contributed by atoms with Crippen molar-refractivity contribution in [2.75, 3.05) is 6.54 Å². The van der Waals surface area contributed by atoms with Gasteiger partial charge in [0.2, 0.25) is 0 Å². The van der Waals surface area contributed by atoms with Crippen LogP contribution in [0.3, 0.4) is 0 Å². The topological polar surface area (TPSA) is 69.2 Å². The third kappa shape index (κ3) is 3.37. The summed E-state index contributed by atoms with van der Waals surface area (Å²) in [5.41, 5.74) is 7.95. The molecule has 1 saturated carbocycles. The maximum atomic E-state index is 10.7. The minimum absolute atomic E-state index is 0.153. The summed E-state index contributed by atoms with van der Waals surface area (Å²) in [5.74, 6) is 0. The second-order valence-corrected chi connectivity index (χ2v) is 6.97. The highest BCUT2D eigenvalue weighted by Gasteiger charge is 2.37. The van der Waals surface area contributed by atoms with Crippen LogP contribution in [0, 0.1) is 20.9 Å². The molecule has 20 heavy (non-hydrogen) atoms. The first-order valence-electron chi connectivity index (χ1n) is 7.29. The number of nitrogens with two attached hydrogens (primary N) is 1. The first-order chi connectivity index (χ1) is 9.36. The Morgan fingerprint density at radius 1 is 1.15 bits per heavy atom. The SMILES string of the molecule is CC1(C)CCC(CN)(Cc2ccc([N+](=O)[O-])cc2)CC1. The molecule has 1 aliphatic carbocycles. The van der Waals surface area contributed by atoms with E-state index in [4.69, 9.17) is 5.73 Å². The Bertz CT molecular complexity index is 470. The van der Waals surface area contributed by atoms with Gasteiger partial charge >= 0.3 is 0 Å². The number of benzene rings is 1. The number of rotatable bonds is 4. The third-order valence-electron chi connectivity index (χ3n) is 4.82. The molecule has 0 radical (unpaired) electrons. The lowest BCUT2D eigenvalue weighted by atomic mass is 9.63. The van der Waals surface area contributed by atoms with Gasteiger partial charge in [0.1, 0.15) is 0 Å². The van der Waals surface area contributed by atoms with Gasteiger partial charge in [-0.15, -0.1) is 0 Å². The Labute approximate surface area is 120 Å². The Kier molecular flexibility index (Phi) is 4.14. The lowest BCUT2D eigenvalue weighted by Gasteiger charge is -2.43. The number of non-ortho nitro benzene ring substituents is 1.